The maximum atomic E-state index is 6.23. The van der Waals surface area contributed by atoms with Crippen molar-refractivity contribution in [3.8, 4) is 78.4 Å². The molecule has 0 N–H and O–H groups in total. The number of para-hydroxylation sites is 1. The minimum atomic E-state index is 0.667. The standard InChI is InChI=1S/C58H36N2OS/c1-4-14-37(15-5-1)42-28-44(40-24-26-55-50(34-40)48-20-10-12-22-54(48)61-55)31-46(30-42)53-36-52(39-18-8-3-9-19-39)59-58(60-53)47-32-43(38-16-6-2-7-17-38)29-45(33-47)41-25-27-57-51(35-41)49-21-11-13-23-56(49)62-57/h1-36H. The molecule has 12 rings (SSSR count). The van der Waals surface area contributed by atoms with Gasteiger partial charge in [0.2, 0.25) is 0 Å². The molecule has 0 aliphatic heterocycles. The van der Waals surface area contributed by atoms with Crippen LogP contribution < -0.4 is 0 Å². The van der Waals surface area contributed by atoms with E-state index in [2.05, 4.69) is 200 Å². The van der Waals surface area contributed by atoms with Crippen molar-refractivity contribution in [1.29, 1.82) is 0 Å². The first-order chi connectivity index (χ1) is 30.7. The molecule has 0 bridgehead atoms. The number of furan rings is 1. The minimum absolute atomic E-state index is 0.667. The summed E-state index contributed by atoms with van der Waals surface area (Å²) in [5, 5.41) is 4.76. The molecule has 3 nitrogen and oxygen atoms in total. The van der Waals surface area contributed by atoms with Crippen LogP contribution in [-0.4, -0.2) is 9.97 Å². The van der Waals surface area contributed by atoms with E-state index in [9.17, 15) is 0 Å². The molecule has 0 aliphatic rings. The van der Waals surface area contributed by atoms with Crippen molar-refractivity contribution in [2.75, 3.05) is 0 Å². The normalized spacial score (nSPS) is 11.5. The van der Waals surface area contributed by atoms with Gasteiger partial charge in [-0.25, -0.2) is 9.97 Å². The van der Waals surface area contributed by atoms with Gasteiger partial charge in [-0.15, -0.1) is 11.3 Å². The molecule has 0 aliphatic carbocycles. The summed E-state index contributed by atoms with van der Waals surface area (Å²) in [6.07, 6.45) is 0. The number of fused-ring (bicyclic) bond motifs is 6. The fraction of sp³-hybridized carbons (Fsp3) is 0. The van der Waals surface area contributed by atoms with Crippen LogP contribution in [0.3, 0.4) is 0 Å². The summed E-state index contributed by atoms with van der Waals surface area (Å²) in [5.41, 5.74) is 15.4. The Labute approximate surface area is 362 Å². The van der Waals surface area contributed by atoms with Crippen LogP contribution in [-0.2, 0) is 0 Å². The molecule has 0 spiro atoms. The van der Waals surface area contributed by atoms with Crippen LogP contribution in [0.25, 0.3) is 121 Å². The third-order valence-electron chi connectivity index (χ3n) is 11.9. The number of aromatic nitrogens is 2. The minimum Gasteiger partial charge on any atom is -0.456 e. The highest BCUT2D eigenvalue weighted by Gasteiger charge is 2.17. The maximum Gasteiger partial charge on any atom is 0.160 e. The van der Waals surface area contributed by atoms with E-state index in [1.807, 2.05) is 29.5 Å². The number of hydrogen-bond acceptors (Lipinski definition) is 4. The summed E-state index contributed by atoms with van der Waals surface area (Å²) >= 11 is 1.84. The molecule has 3 aromatic heterocycles. The van der Waals surface area contributed by atoms with Gasteiger partial charge in [0.25, 0.3) is 0 Å². The van der Waals surface area contributed by atoms with E-state index in [0.29, 0.717) is 5.82 Å². The molecule has 0 fully saturated rings. The van der Waals surface area contributed by atoms with Crippen molar-refractivity contribution >= 4 is 53.4 Å². The number of hydrogen-bond donors (Lipinski definition) is 0. The van der Waals surface area contributed by atoms with Crippen molar-refractivity contribution < 1.29 is 4.42 Å². The summed E-state index contributed by atoms with van der Waals surface area (Å²) < 4.78 is 8.81. The molecule has 62 heavy (non-hydrogen) atoms. The Morgan fingerprint density at radius 3 is 1.42 bits per heavy atom. The third kappa shape index (κ3) is 6.55. The van der Waals surface area contributed by atoms with Crippen LogP contribution in [0, 0.1) is 0 Å². The van der Waals surface area contributed by atoms with Gasteiger partial charge in [-0.3, -0.25) is 0 Å². The average molecular weight is 809 g/mol. The lowest BCUT2D eigenvalue weighted by atomic mass is 9.93. The zero-order valence-corrected chi connectivity index (χ0v) is 34.3. The van der Waals surface area contributed by atoms with Gasteiger partial charge in [-0.2, -0.15) is 0 Å². The molecule has 0 radical (unpaired) electrons. The summed E-state index contributed by atoms with van der Waals surface area (Å²) in [6.45, 7) is 0. The van der Waals surface area contributed by atoms with E-state index < -0.39 is 0 Å². The lowest BCUT2D eigenvalue weighted by molar-refractivity contribution is 0.669. The molecular formula is C58H36N2OS. The van der Waals surface area contributed by atoms with E-state index in [4.69, 9.17) is 14.4 Å². The van der Waals surface area contributed by atoms with Crippen LogP contribution in [0.5, 0.6) is 0 Å². The van der Waals surface area contributed by atoms with Gasteiger partial charge in [0.05, 0.1) is 11.4 Å². The number of benzene rings is 9. The lowest BCUT2D eigenvalue weighted by Gasteiger charge is -2.15. The lowest BCUT2D eigenvalue weighted by Crippen LogP contribution is -1.97. The first-order valence-corrected chi connectivity index (χ1v) is 21.7. The summed E-state index contributed by atoms with van der Waals surface area (Å²) in [5.74, 6) is 0.667. The van der Waals surface area contributed by atoms with Crippen LogP contribution in [0.15, 0.2) is 223 Å². The second-order valence-corrected chi connectivity index (χ2v) is 16.9. The molecule has 0 unspecified atom stereocenters. The predicted octanol–water partition coefficient (Wildman–Crippen LogP) is 16.4. The Bertz CT molecular complexity index is 3410. The highest BCUT2D eigenvalue weighted by atomic mass is 32.1. The highest BCUT2D eigenvalue weighted by Crippen LogP contribution is 2.41. The van der Waals surface area contributed by atoms with Gasteiger partial charge in [0, 0.05) is 47.6 Å². The second-order valence-electron chi connectivity index (χ2n) is 15.8. The SMILES string of the molecule is c1ccc(-c2cc(-c3ccc4oc5ccccc5c4c3)cc(-c3cc(-c4ccccc4)nc(-c4cc(-c5ccccc5)cc(-c5ccc6sc7ccccc7c6c5)c4)n3)c2)cc1. The Morgan fingerprint density at radius 2 is 0.742 bits per heavy atom. The summed E-state index contributed by atoms with van der Waals surface area (Å²) in [7, 11) is 0. The first-order valence-electron chi connectivity index (χ1n) is 20.9. The largest absolute Gasteiger partial charge is 0.456 e. The maximum absolute atomic E-state index is 6.23. The molecular weight excluding hydrogens is 773 g/mol. The summed E-state index contributed by atoms with van der Waals surface area (Å²) in [4.78, 5) is 10.8. The van der Waals surface area contributed by atoms with Gasteiger partial charge in [0.1, 0.15) is 11.2 Å². The van der Waals surface area contributed by atoms with E-state index in [1.54, 1.807) is 0 Å². The molecule has 0 saturated carbocycles. The average Bonchev–Trinajstić information content (AvgIpc) is 3.92. The van der Waals surface area contributed by atoms with E-state index in [0.717, 1.165) is 94.5 Å². The third-order valence-corrected chi connectivity index (χ3v) is 13.0. The topological polar surface area (TPSA) is 38.9 Å². The van der Waals surface area contributed by atoms with Gasteiger partial charge in [0.15, 0.2) is 5.82 Å². The van der Waals surface area contributed by atoms with Crippen LogP contribution in [0.1, 0.15) is 0 Å². The molecule has 4 heteroatoms. The smallest absolute Gasteiger partial charge is 0.160 e. The van der Waals surface area contributed by atoms with E-state index in [-0.39, 0.29) is 0 Å². The van der Waals surface area contributed by atoms with Crippen molar-refractivity contribution in [1.82, 2.24) is 9.97 Å². The molecule has 12 aromatic rings. The monoisotopic (exact) mass is 808 g/mol. The molecule has 0 amide bonds. The molecule has 290 valence electrons. The zero-order valence-electron chi connectivity index (χ0n) is 33.5. The van der Waals surface area contributed by atoms with Crippen molar-refractivity contribution in [2.24, 2.45) is 0 Å². The van der Waals surface area contributed by atoms with Crippen LogP contribution in [0.4, 0.5) is 0 Å². The van der Waals surface area contributed by atoms with Crippen molar-refractivity contribution in [3.05, 3.63) is 218 Å². The fourth-order valence-corrected chi connectivity index (χ4v) is 9.84. The van der Waals surface area contributed by atoms with E-state index >= 15 is 0 Å². The van der Waals surface area contributed by atoms with Crippen LogP contribution >= 0.6 is 11.3 Å². The Hall–Kier alpha value is -7.92. The number of nitrogens with zero attached hydrogens (tertiary/aromatic N) is 2. The fourth-order valence-electron chi connectivity index (χ4n) is 8.75. The Balaban J connectivity index is 1.07. The quantitative estimate of drug-likeness (QED) is 0.161. The Morgan fingerprint density at radius 1 is 0.274 bits per heavy atom. The van der Waals surface area contributed by atoms with Crippen LogP contribution in [0.2, 0.25) is 0 Å². The van der Waals surface area contributed by atoms with Gasteiger partial charge < -0.3 is 4.42 Å². The highest BCUT2D eigenvalue weighted by molar-refractivity contribution is 7.25. The Kier molecular flexibility index (Phi) is 8.68. The molecule has 3 heterocycles. The van der Waals surface area contributed by atoms with Crippen molar-refractivity contribution in [3.63, 3.8) is 0 Å². The molecule has 0 atom stereocenters. The van der Waals surface area contributed by atoms with Gasteiger partial charge in [-0.05, 0) is 123 Å². The number of thiophene rings is 1. The second kappa shape index (κ2) is 15.0. The van der Waals surface area contributed by atoms with Gasteiger partial charge in [-0.1, -0.05) is 140 Å². The molecule has 9 aromatic carbocycles. The summed E-state index contributed by atoms with van der Waals surface area (Å²) in [6, 6.07) is 77.6. The molecule has 0 saturated heterocycles. The van der Waals surface area contributed by atoms with Gasteiger partial charge >= 0.3 is 0 Å². The number of rotatable bonds is 7. The van der Waals surface area contributed by atoms with E-state index in [1.165, 1.54) is 20.2 Å². The predicted molar refractivity (Wildman–Crippen MR) is 260 cm³/mol. The zero-order chi connectivity index (χ0) is 41.0. The van der Waals surface area contributed by atoms with Crippen molar-refractivity contribution in [2.45, 2.75) is 0 Å². The first kappa shape index (κ1) is 36.0.